The van der Waals surface area contributed by atoms with E-state index in [0.717, 1.165) is 28.2 Å². The number of amides is 1. The first-order valence-electron chi connectivity index (χ1n) is 11.0. The lowest BCUT2D eigenvalue weighted by molar-refractivity contribution is -0.111. The number of carbonyl (C=O) groups is 2. The summed E-state index contributed by atoms with van der Waals surface area (Å²) < 4.78 is 6.70. The SMILES string of the molecule is CCOC(=O)c1c(-c2ccccc2)csc1NC(=O)/C(C#N)=c1/s/c(=C(/N)O)c(=N)n1-c1ccccc1. The molecule has 0 bridgehead atoms. The molecule has 5 N–H and O–H groups in total. The highest BCUT2D eigenvalue weighted by atomic mass is 32.1. The predicted molar refractivity (Wildman–Crippen MR) is 142 cm³/mol. The van der Waals surface area contributed by atoms with Crippen molar-refractivity contribution in [2.45, 2.75) is 6.92 Å². The number of benzene rings is 2. The normalized spacial score (nSPS) is 12.3. The number of nitrogens with zero attached hydrogens (tertiary/aromatic N) is 2. The van der Waals surface area contributed by atoms with E-state index < -0.39 is 17.8 Å². The third-order valence-corrected chi connectivity index (χ3v) is 7.30. The highest BCUT2D eigenvalue weighted by Gasteiger charge is 2.25. The van der Waals surface area contributed by atoms with Crippen LogP contribution in [0.3, 0.4) is 0 Å². The van der Waals surface area contributed by atoms with Crippen molar-refractivity contribution >= 4 is 51.0 Å². The summed E-state index contributed by atoms with van der Waals surface area (Å²) in [6, 6.07) is 19.8. The van der Waals surface area contributed by atoms with Gasteiger partial charge in [-0.1, -0.05) is 48.5 Å². The highest BCUT2D eigenvalue weighted by Crippen LogP contribution is 2.36. The Morgan fingerprint density at radius 1 is 1.16 bits per heavy atom. The number of ether oxygens (including phenoxy) is 1. The second-order valence-electron chi connectivity index (χ2n) is 7.52. The monoisotopic (exact) mass is 531 g/mol. The first-order valence-corrected chi connectivity index (χ1v) is 12.7. The minimum Gasteiger partial charge on any atom is -0.494 e. The number of nitrogens with one attached hydrogen (secondary N) is 2. The molecule has 1 amide bonds. The van der Waals surface area contributed by atoms with Gasteiger partial charge in [0.1, 0.15) is 25.8 Å². The Hall–Kier alpha value is -4.66. The van der Waals surface area contributed by atoms with E-state index in [4.69, 9.17) is 15.9 Å². The number of hydrogen-bond donors (Lipinski definition) is 4. The van der Waals surface area contributed by atoms with E-state index in [0.29, 0.717) is 11.3 Å². The Morgan fingerprint density at radius 2 is 1.81 bits per heavy atom. The van der Waals surface area contributed by atoms with Crippen LogP contribution in [-0.2, 0) is 9.53 Å². The molecule has 0 fully saturated rings. The minimum atomic E-state index is -0.788. The minimum absolute atomic E-state index is 0.00843. The van der Waals surface area contributed by atoms with E-state index >= 15 is 0 Å². The molecule has 0 atom stereocenters. The van der Waals surface area contributed by atoms with Crippen LogP contribution in [0.1, 0.15) is 17.3 Å². The Morgan fingerprint density at radius 3 is 2.41 bits per heavy atom. The van der Waals surface area contributed by atoms with E-state index in [2.05, 4.69) is 5.32 Å². The molecule has 2 aromatic carbocycles. The molecule has 0 aliphatic carbocycles. The third kappa shape index (κ3) is 5.02. The van der Waals surface area contributed by atoms with E-state index in [1.165, 1.54) is 4.57 Å². The van der Waals surface area contributed by atoms with Crippen LogP contribution in [0, 0.1) is 16.7 Å². The molecule has 2 heterocycles. The topological polar surface area (TPSA) is 154 Å². The molecule has 0 saturated heterocycles. The van der Waals surface area contributed by atoms with Gasteiger partial charge in [-0.05, 0) is 24.6 Å². The lowest BCUT2D eigenvalue weighted by Gasteiger charge is -2.09. The number of nitriles is 1. The Bertz CT molecular complexity index is 1690. The van der Waals surface area contributed by atoms with Gasteiger partial charge in [-0.3, -0.25) is 14.8 Å². The third-order valence-electron chi connectivity index (χ3n) is 5.22. The van der Waals surface area contributed by atoms with Gasteiger partial charge < -0.3 is 20.9 Å². The van der Waals surface area contributed by atoms with Crippen LogP contribution in [0.2, 0.25) is 0 Å². The van der Waals surface area contributed by atoms with Gasteiger partial charge in [-0.25, -0.2) is 4.79 Å². The zero-order chi connectivity index (χ0) is 26.5. The maximum absolute atomic E-state index is 13.4. The average Bonchev–Trinajstić information content (AvgIpc) is 3.47. The number of aliphatic hydroxyl groups excluding tert-OH is 1. The molecule has 9 nitrogen and oxygen atoms in total. The summed E-state index contributed by atoms with van der Waals surface area (Å²) in [4.78, 5) is 26.3. The average molecular weight is 532 g/mol. The van der Waals surface area contributed by atoms with Gasteiger partial charge in [0.15, 0.2) is 11.1 Å². The van der Waals surface area contributed by atoms with Gasteiger partial charge in [0.05, 0.1) is 6.61 Å². The standard InChI is InChI=1S/C26H21N5O4S2/c1-2-35-26(34)19-18(15-9-5-3-6-10-15)14-36-24(19)30-23(33)17(13-27)25-31(16-11-7-4-8-12-16)21(28)20(37-25)22(29)32/h3-12,14,28,32H,2,29H2,1H3,(H,30,33)/b22-20-,25-17+,28-21?. The van der Waals surface area contributed by atoms with Gasteiger partial charge in [0.25, 0.3) is 5.91 Å². The summed E-state index contributed by atoms with van der Waals surface area (Å²) in [6.45, 7) is 1.83. The van der Waals surface area contributed by atoms with Crippen molar-refractivity contribution < 1.29 is 19.4 Å². The summed E-state index contributed by atoms with van der Waals surface area (Å²) in [5.74, 6) is -1.99. The highest BCUT2D eigenvalue weighted by molar-refractivity contribution is 7.15. The van der Waals surface area contributed by atoms with Crippen LogP contribution in [0.25, 0.3) is 28.3 Å². The molecular formula is C26H21N5O4S2. The Kier molecular flexibility index (Phi) is 7.52. The zero-order valence-corrected chi connectivity index (χ0v) is 21.2. The number of thiophene rings is 1. The summed E-state index contributed by atoms with van der Waals surface area (Å²) >= 11 is 1.97. The fraction of sp³-hybridized carbons (Fsp3) is 0.0769. The van der Waals surface area contributed by atoms with E-state index in [1.54, 1.807) is 42.6 Å². The molecule has 11 heteroatoms. The lowest BCUT2D eigenvalue weighted by atomic mass is 10.0. The van der Waals surface area contributed by atoms with Crippen LogP contribution >= 0.6 is 22.7 Å². The lowest BCUT2D eigenvalue weighted by Crippen LogP contribution is -2.34. The van der Waals surface area contributed by atoms with Crippen molar-refractivity contribution in [3.8, 4) is 22.9 Å². The molecule has 37 heavy (non-hydrogen) atoms. The van der Waals surface area contributed by atoms with Crippen LogP contribution in [0.15, 0.2) is 66.0 Å². The quantitative estimate of drug-likeness (QED) is 0.281. The molecule has 0 saturated carbocycles. The van der Waals surface area contributed by atoms with Crippen molar-refractivity contribution in [1.82, 2.24) is 4.57 Å². The molecular weight excluding hydrogens is 510 g/mol. The van der Waals surface area contributed by atoms with Crippen LogP contribution in [0.4, 0.5) is 5.00 Å². The number of rotatable bonds is 6. The number of aromatic nitrogens is 1. The van der Waals surface area contributed by atoms with Gasteiger partial charge in [-0.15, -0.1) is 22.7 Å². The van der Waals surface area contributed by atoms with Gasteiger partial charge in [0, 0.05) is 16.6 Å². The molecule has 0 aliphatic heterocycles. The Balaban J connectivity index is 1.88. The van der Waals surface area contributed by atoms with E-state index in [1.807, 2.05) is 36.4 Å². The molecule has 2 aromatic heterocycles. The largest absolute Gasteiger partial charge is 0.494 e. The second-order valence-corrected chi connectivity index (χ2v) is 9.40. The summed E-state index contributed by atoms with van der Waals surface area (Å²) in [6.07, 6.45) is 0. The molecule has 0 radical (unpaired) electrons. The Labute approximate surface area is 219 Å². The maximum atomic E-state index is 13.4. The van der Waals surface area contributed by atoms with Crippen molar-refractivity contribution in [1.29, 1.82) is 10.7 Å². The number of carbonyl (C=O) groups excluding carboxylic acids is 2. The zero-order valence-electron chi connectivity index (χ0n) is 19.5. The van der Waals surface area contributed by atoms with Crippen LogP contribution in [0.5, 0.6) is 0 Å². The molecule has 4 rings (SSSR count). The van der Waals surface area contributed by atoms with Crippen molar-refractivity contribution in [3.05, 3.63) is 86.3 Å². The summed E-state index contributed by atoms with van der Waals surface area (Å²) in [5.41, 5.74) is 7.10. The number of esters is 1. The van der Waals surface area contributed by atoms with Crippen molar-refractivity contribution in [2.75, 3.05) is 11.9 Å². The maximum Gasteiger partial charge on any atom is 0.341 e. The first kappa shape index (κ1) is 25.4. The summed E-state index contributed by atoms with van der Waals surface area (Å²) in [7, 11) is 0. The fourth-order valence-electron chi connectivity index (χ4n) is 3.60. The van der Waals surface area contributed by atoms with Crippen molar-refractivity contribution in [3.63, 3.8) is 0 Å². The molecule has 0 aliphatic rings. The predicted octanol–water partition coefficient (Wildman–Crippen LogP) is 2.82. The van der Waals surface area contributed by atoms with E-state index in [-0.39, 0.29) is 37.4 Å². The molecule has 0 unspecified atom stereocenters. The number of thiazole rings is 1. The van der Waals surface area contributed by atoms with Crippen LogP contribution < -0.4 is 25.7 Å². The van der Waals surface area contributed by atoms with Crippen molar-refractivity contribution in [2.24, 2.45) is 5.73 Å². The van der Waals surface area contributed by atoms with E-state index in [9.17, 15) is 20.0 Å². The molecule has 4 aromatic rings. The number of nitrogens with two attached hydrogens (primary N) is 1. The molecule has 186 valence electrons. The van der Waals surface area contributed by atoms with Gasteiger partial charge in [-0.2, -0.15) is 5.26 Å². The number of anilines is 1. The smallest absolute Gasteiger partial charge is 0.341 e. The van der Waals surface area contributed by atoms with Crippen LogP contribution in [-0.4, -0.2) is 28.2 Å². The number of aliphatic hydroxyl groups is 1. The van der Waals surface area contributed by atoms with Gasteiger partial charge >= 0.3 is 5.97 Å². The fourth-order valence-corrected chi connectivity index (χ4v) is 5.57. The number of para-hydroxylation sites is 1. The van der Waals surface area contributed by atoms with Gasteiger partial charge in [0.2, 0.25) is 5.88 Å². The molecule has 0 spiro atoms. The first-order chi connectivity index (χ1) is 17.9. The summed E-state index contributed by atoms with van der Waals surface area (Å²) in [5, 5.41) is 33.0. The second kappa shape index (κ2) is 10.9. The number of hydrogen-bond acceptors (Lipinski definition) is 9.